The molecule has 1 aliphatic heterocycles. The van der Waals surface area contributed by atoms with Crippen molar-refractivity contribution in [2.75, 3.05) is 10.6 Å². The lowest BCUT2D eigenvalue weighted by atomic mass is 9.79. The maximum atomic E-state index is 6.43. The van der Waals surface area contributed by atoms with E-state index < -0.39 is 0 Å². The van der Waals surface area contributed by atoms with E-state index >= 15 is 0 Å². The topological polar surface area (TPSA) is 36.4 Å². The minimum Gasteiger partial charge on any atom is -0.370 e. The fourth-order valence-electron chi connectivity index (χ4n) is 3.81. The average molecular weight is 374 g/mol. The molecule has 2 aromatic carbocycles. The minimum atomic E-state index is -0.144. The highest BCUT2D eigenvalue weighted by Crippen LogP contribution is 2.42. The van der Waals surface area contributed by atoms with Crippen LogP contribution in [0.2, 0.25) is 10.0 Å². The van der Waals surface area contributed by atoms with Crippen molar-refractivity contribution in [3.05, 3.63) is 58.1 Å². The lowest BCUT2D eigenvalue weighted by molar-refractivity contribution is 0.403. The van der Waals surface area contributed by atoms with Crippen LogP contribution in [-0.2, 0) is 6.54 Å². The van der Waals surface area contributed by atoms with Gasteiger partial charge in [0.1, 0.15) is 5.84 Å². The Bertz CT molecular complexity index is 810. The first-order valence-corrected chi connectivity index (χ1v) is 9.55. The van der Waals surface area contributed by atoms with Crippen molar-refractivity contribution in [2.45, 2.75) is 44.2 Å². The van der Waals surface area contributed by atoms with Gasteiger partial charge >= 0.3 is 0 Å². The van der Waals surface area contributed by atoms with Gasteiger partial charge in [-0.2, -0.15) is 0 Å². The van der Waals surface area contributed by atoms with Crippen molar-refractivity contribution in [2.24, 2.45) is 4.99 Å². The lowest BCUT2D eigenvalue weighted by Gasteiger charge is -2.44. The summed E-state index contributed by atoms with van der Waals surface area (Å²) < 4.78 is 0. The van der Waals surface area contributed by atoms with E-state index in [1.165, 1.54) is 19.3 Å². The van der Waals surface area contributed by atoms with Crippen molar-refractivity contribution in [3.63, 3.8) is 0 Å². The van der Waals surface area contributed by atoms with Crippen LogP contribution in [0.25, 0.3) is 0 Å². The number of aliphatic imine (C=N–C) groups is 1. The van der Waals surface area contributed by atoms with Gasteiger partial charge in [0.2, 0.25) is 0 Å². The molecule has 2 N–H and O–H groups in total. The lowest BCUT2D eigenvalue weighted by Crippen LogP contribution is -2.53. The first-order chi connectivity index (χ1) is 12.2. The molecule has 1 aliphatic carbocycles. The van der Waals surface area contributed by atoms with Gasteiger partial charge in [-0.05, 0) is 42.7 Å². The van der Waals surface area contributed by atoms with Crippen LogP contribution in [-0.4, -0.2) is 11.4 Å². The normalized spacial score (nSPS) is 20.0. The highest BCUT2D eigenvalue weighted by atomic mass is 35.5. The molecule has 0 amide bonds. The molecule has 0 atom stereocenters. The first kappa shape index (κ1) is 16.7. The minimum absolute atomic E-state index is 0.144. The van der Waals surface area contributed by atoms with E-state index in [0.717, 1.165) is 45.7 Å². The number of fused-ring (bicyclic) bond motifs is 1. The van der Waals surface area contributed by atoms with Crippen LogP contribution in [0.15, 0.2) is 47.5 Å². The molecule has 1 heterocycles. The number of halogens is 2. The van der Waals surface area contributed by atoms with Gasteiger partial charge in [0, 0.05) is 5.02 Å². The van der Waals surface area contributed by atoms with E-state index in [-0.39, 0.29) is 5.54 Å². The van der Waals surface area contributed by atoms with Crippen molar-refractivity contribution in [3.8, 4) is 0 Å². The Hall–Kier alpha value is -1.71. The van der Waals surface area contributed by atoms with E-state index in [0.29, 0.717) is 6.54 Å². The van der Waals surface area contributed by atoms with Gasteiger partial charge in [0.25, 0.3) is 0 Å². The average Bonchev–Trinajstić information content (AvgIpc) is 2.62. The number of hydrogen-bond acceptors (Lipinski definition) is 2. The zero-order chi connectivity index (χ0) is 17.3. The van der Waals surface area contributed by atoms with Crippen LogP contribution in [0.3, 0.4) is 0 Å². The number of benzene rings is 2. The summed E-state index contributed by atoms with van der Waals surface area (Å²) in [6, 6.07) is 13.8. The fourth-order valence-corrected chi connectivity index (χ4v) is 4.25. The number of nitrogens with zero attached hydrogens (tertiary/aromatic N) is 1. The van der Waals surface area contributed by atoms with E-state index in [4.69, 9.17) is 28.2 Å². The summed E-state index contributed by atoms with van der Waals surface area (Å²) in [6.45, 7) is 0.613. The van der Waals surface area contributed by atoms with Crippen molar-refractivity contribution in [1.29, 1.82) is 0 Å². The predicted molar refractivity (Wildman–Crippen MR) is 107 cm³/mol. The maximum Gasteiger partial charge on any atom is 0.127 e. The van der Waals surface area contributed by atoms with Crippen molar-refractivity contribution >= 4 is 40.4 Å². The molecule has 3 nitrogen and oxygen atoms in total. The fraction of sp³-hybridized carbons (Fsp3) is 0.350. The Kier molecular flexibility index (Phi) is 4.61. The SMILES string of the molecule is Clc1cccc(CN=C2Nc3cccc(Cl)c3NC23CCCCC3)c1. The smallest absolute Gasteiger partial charge is 0.127 e. The summed E-state index contributed by atoms with van der Waals surface area (Å²) in [5.74, 6) is 1.02. The predicted octanol–water partition coefficient (Wildman–Crippen LogP) is 6.13. The molecule has 0 unspecified atom stereocenters. The van der Waals surface area contributed by atoms with Crippen molar-refractivity contribution in [1.82, 2.24) is 0 Å². The van der Waals surface area contributed by atoms with Crippen LogP contribution in [0.1, 0.15) is 37.7 Å². The summed E-state index contributed by atoms with van der Waals surface area (Å²) in [5, 5.41) is 8.78. The molecule has 1 spiro atoms. The number of anilines is 2. The summed E-state index contributed by atoms with van der Waals surface area (Å²) in [5.41, 5.74) is 2.96. The monoisotopic (exact) mass is 373 g/mol. The number of rotatable bonds is 2. The maximum absolute atomic E-state index is 6.43. The summed E-state index contributed by atoms with van der Waals surface area (Å²) in [4.78, 5) is 4.94. The molecule has 0 saturated heterocycles. The van der Waals surface area contributed by atoms with Gasteiger partial charge in [0.15, 0.2) is 0 Å². The molecular weight excluding hydrogens is 353 g/mol. The quantitative estimate of drug-likeness (QED) is 0.663. The molecule has 2 aliphatic rings. The highest BCUT2D eigenvalue weighted by molar-refractivity contribution is 6.34. The van der Waals surface area contributed by atoms with E-state index in [9.17, 15) is 0 Å². The Morgan fingerprint density at radius 2 is 1.80 bits per heavy atom. The summed E-state index contributed by atoms with van der Waals surface area (Å²) >= 11 is 12.5. The molecule has 0 aromatic heterocycles. The molecule has 2 aromatic rings. The number of hydrogen-bond donors (Lipinski definition) is 2. The van der Waals surface area contributed by atoms with Gasteiger partial charge in [-0.25, -0.2) is 0 Å². The van der Waals surface area contributed by atoms with Crippen LogP contribution < -0.4 is 10.6 Å². The van der Waals surface area contributed by atoms with Crippen LogP contribution in [0.4, 0.5) is 11.4 Å². The Morgan fingerprint density at radius 1 is 1.00 bits per heavy atom. The molecule has 25 heavy (non-hydrogen) atoms. The van der Waals surface area contributed by atoms with Gasteiger partial charge in [-0.1, -0.05) is 60.7 Å². The largest absolute Gasteiger partial charge is 0.370 e. The second kappa shape index (κ2) is 6.89. The van der Waals surface area contributed by atoms with E-state index in [1.54, 1.807) is 0 Å². The van der Waals surface area contributed by atoms with Gasteiger partial charge < -0.3 is 10.6 Å². The third-order valence-corrected chi connectivity index (χ3v) is 5.65. The highest BCUT2D eigenvalue weighted by Gasteiger charge is 2.41. The number of nitrogens with one attached hydrogen (secondary N) is 2. The molecular formula is C20H21Cl2N3. The Labute approximate surface area is 158 Å². The van der Waals surface area contributed by atoms with E-state index in [1.807, 2.05) is 36.4 Å². The molecule has 1 fully saturated rings. The van der Waals surface area contributed by atoms with Crippen molar-refractivity contribution < 1.29 is 0 Å². The Morgan fingerprint density at radius 3 is 2.60 bits per heavy atom. The van der Waals surface area contributed by atoms with Gasteiger partial charge in [0.05, 0.1) is 28.5 Å². The van der Waals surface area contributed by atoms with Crippen LogP contribution >= 0.6 is 23.2 Å². The molecule has 1 saturated carbocycles. The van der Waals surface area contributed by atoms with E-state index in [2.05, 4.69) is 16.7 Å². The molecule has 4 rings (SSSR count). The zero-order valence-electron chi connectivity index (χ0n) is 14.0. The summed E-state index contributed by atoms with van der Waals surface area (Å²) in [6.07, 6.45) is 5.81. The molecule has 5 heteroatoms. The number of amidine groups is 1. The zero-order valence-corrected chi connectivity index (χ0v) is 15.5. The van der Waals surface area contributed by atoms with Crippen LogP contribution in [0.5, 0.6) is 0 Å². The first-order valence-electron chi connectivity index (χ1n) is 8.79. The van der Waals surface area contributed by atoms with Crippen LogP contribution in [0, 0.1) is 0 Å². The number of para-hydroxylation sites is 1. The third-order valence-electron chi connectivity index (χ3n) is 5.10. The van der Waals surface area contributed by atoms with Gasteiger partial charge in [-0.15, -0.1) is 0 Å². The van der Waals surface area contributed by atoms with Gasteiger partial charge in [-0.3, -0.25) is 4.99 Å². The third kappa shape index (κ3) is 3.36. The molecule has 0 bridgehead atoms. The Balaban J connectivity index is 1.69. The standard InChI is InChI=1S/C20H21Cl2N3/c21-15-7-4-6-14(12-15)13-23-19-20(10-2-1-3-11-20)25-18-16(22)8-5-9-17(18)24-19/h4-9,12,25H,1-3,10-11,13H2,(H,23,24). The molecule has 0 radical (unpaired) electrons. The summed E-state index contributed by atoms with van der Waals surface area (Å²) in [7, 11) is 0. The second-order valence-corrected chi connectivity index (χ2v) is 7.69. The second-order valence-electron chi connectivity index (χ2n) is 6.85. The molecule has 130 valence electrons.